The summed E-state index contributed by atoms with van der Waals surface area (Å²) in [5.41, 5.74) is 1.66. The smallest absolute Gasteiger partial charge is 0.308 e. The van der Waals surface area contributed by atoms with Crippen LogP contribution in [0.25, 0.3) is 0 Å². The number of esters is 1. The number of amides is 2. The molecule has 8 heteroatoms. The Bertz CT molecular complexity index is 958. The molecule has 180 valence electrons. The number of nitrogens with zero attached hydrogens (tertiary/aromatic N) is 1. The van der Waals surface area contributed by atoms with Gasteiger partial charge in [-0.05, 0) is 35.7 Å². The highest BCUT2D eigenvalue weighted by molar-refractivity contribution is 7.80. The van der Waals surface area contributed by atoms with E-state index >= 15 is 0 Å². The first kappa shape index (κ1) is 25.4. The molecule has 1 unspecified atom stereocenters. The third kappa shape index (κ3) is 6.87. The van der Waals surface area contributed by atoms with Gasteiger partial charge in [0.1, 0.15) is 6.04 Å². The molecule has 0 saturated carbocycles. The summed E-state index contributed by atoms with van der Waals surface area (Å²) in [4.78, 5) is 39.9. The molecule has 2 N–H and O–H groups in total. The Labute approximate surface area is 205 Å². The van der Waals surface area contributed by atoms with Crippen LogP contribution >= 0.6 is 12.2 Å². The van der Waals surface area contributed by atoms with Gasteiger partial charge in [0.05, 0.1) is 18.9 Å². The first-order valence-corrected chi connectivity index (χ1v) is 11.9. The molecule has 1 aliphatic heterocycles. The van der Waals surface area contributed by atoms with Crippen molar-refractivity contribution in [3.05, 3.63) is 71.8 Å². The van der Waals surface area contributed by atoms with E-state index in [0.717, 1.165) is 17.5 Å². The van der Waals surface area contributed by atoms with Gasteiger partial charge in [0.15, 0.2) is 5.11 Å². The monoisotopic (exact) mass is 481 g/mol. The van der Waals surface area contributed by atoms with E-state index in [1.807, 2.05) is 74.5 Å². The van der Waals surface area contributed by atoms with Crippen LogP contribution in [0, 0.1) is 5.92 Å². The second kappa shape index (κ2) is 12.3. The summed E-state index contributed by atoms with van der Waals surface area (Å²) in [7, 11) is 0. The number of thiocarbonyl (C=S) groups is 1. The number of carbonyl (C=O) groups excluding carboxylic acids is 3. The largest absolute Gasteiger partial charge is 0.466 e. The molecule has 1 atom stereocenters. The summed E-state index contributed by atoms with van der Waals surface area (Å²) in [6.45, 7) is 5.15. The van der Waals surface area contributed by atoms with Gasteiger partial charge in [0.25, 0.3) is 0 Å². The maximum atomic E-state index is 13.4. The van der Waals surface area contributed by atoms with Gasteiger partial charge in [-0.25, -0.2) is 0 Å². The average Bonchev–Trinajstić information content (AvgIpc) is 2.81. The Kier molecular flexibility index (Phi) is 9.16. The lowest BCUT2D eigenvalue weighted by atomic mass is 9.90. The van der Waals surface area contributed by atoms with Gasteiger partial charge >= 0.3 is 5.97 Å². The number of rotatable bonds is 8. The molecule has 3 rings (SSSR count). The molecule has 0 aliphatic carbocycles. The molecule has 0 aromatic heterocycles. The van der Waals surface area contributed by atoms with Crippen molar-refractivity contribution < 1.29 is 19.1 Å². The van der Waals surface area contributed by atoms with E-state index in [0.29, 0.717) is 25.6 Å². The van der Waals surface area contributed by atoms with Crippen LogP contribution in [0.4, 0.5) is 0 Å². The fourth-order valence-corrected chi connectivity index (χ4v) is 4.14. The van der Waals surface area contributed by atoms with Gasteiger partial charge in [-0.2, -0.15) is 0 Å². The molecule has 0 bridgehead atoms. The SMILES string of the molecule is CC(C)CCOC(=O)CC1C(=O)NCCN1C(=S)NC(=O)C(c1ccccc1)c1ccccc1. The summed E-state index contributed by atoms with van der Waals surface area (Å²) in [5, 5.41) is 5.70. The zero-order valence-electron chi connectivity index (χ0n) is 19.5. The Morgan fingerprint density at radius 1 is 1.09 bits per heavy atom. The van der Waals surface area contributed by atoms with Gasteiger partial charge in [-0.15, -0.1) is 0 Å². The predicted molar refractivity (Wildman–Crippen MR) is 134 cm³/mol. The van der Waals surface area contributed by atoms with Crippen molar-refractivity contribution >= 4 is 35.1 Å². The van der Waals surface area contributed by atoms with E-state index in [9.17, 15) is 14.4 Å². The van der Waals surface area contributed by atoms with Crippen LogP contribution < -0.4 is 10.6 Å². The minimum atomic E-state index is -0.833. The molecule has 2 aromatic carbocycles. The summed E-state index contributed by atoms with van der Waals surface area (Å²) in [6, 6.07) is 18.1. The standard InChI is InChI=1S/C26H31N3O4S/c1-18(2)13-16-33-22(30)17-21-24(31)27-14-15-29(21)26(34)28-25(32)23(19-9-5-3-6-10-19)20-11-7-4-8-12-20/h3-12,18,21,23H,13-17H2,1-2H3,(H,27,31)(H,28,32,34). The lowest BCUT2D eigenvalue weighted by molar-refractivity contribution is -0.147. The van der Waals surface area contributed by atoms with Crippen molar-refractivity contribution in [1.82, 2.24) is 15.5 Å². The van der Waals surface area contributed by atoms with Gasteiger partial charge < -0.3 is 20.3 Å². The van der Waals surface area contributed by atoms with E-state index in [4.69, 9.17) is 17.0 Å². The van der Waals surface area contributed by atoms with Crippen LogP contribution in [0.1, 0.15) is 43.7 Å². The van der Waals surface area contributed by atoms with Crippen molar-refractivity contribution in [3.63, 3.8) is 0 Å². The van der Waals surface area contributed by atoms with Crippen LogP contribution in [0.15, 0.2) is 60.7 Å². The van der Waals surface area contributed by atoms with E-state index in [1.165, 1.54) is 0 Å². The van der Waals surface area contributed by atoms with E-state index < -0.39 is 17.9 Å². The van der Waals surface area contributed by atoms with Gasteiger partial charge in [0, 0.05) is 13.1 Å². The molecule has 0 radical (unpaired) electrons. The van der Waals surface area contributed by atoms with Crippen LogP contribution in [-0.2, 0) is 19.1 Å². The van der Waals surface area contributed by atoms with Gasteiger partial charge in [0.2, 0.25) is 11.8 Å². The number of ether oxygens (including phenoxy) is 1. The Balaban J connectivity index is 1.72. The van der Waals surface area contributed by atoms with Crippen molar-refractivity contribution in [1.29, 1.82) is 0 Å². The Morgan fingerprint density at radius 3 is 2.24 bits per heavy atom. The van der Waals surface area contributed by atoms with E-state index in [-0.39, 0.29) is 23.3 Å². The lowest BCUT2D eigenvalue weighted by Gasteiger charge is -2.36. The summed E-state index contributed by atoms with van der Waals surface area (Å²) >= 11 is 5.54. The van der Waals surface area contributed by atoms with Crippen LogP contribution in [0.2, 0.25) is 0 Å². The number of benzene rings is 2. The predicted octanol–water partition coefficient (Wildman–Crippen LogP) is 3.00. The van der Waals surface area contributed by atoms with E-state index in [1.54, 1.807) is 4.90 Å². The zero-order valence-corrected chi connectivity index (χ0v) is 20.3. The zero-order chi connectivity index (χ0) is 24.5. The number of hydrogen-bond acceptors (Lipinski definition) is 5. The third-order valence-electron chi connectivity index (χ3n) is 5.67. The Morgan fingerprint density at radius 2 is 1.68 bits per heavy atom. The first-order chi connectivity index (χ1) is 16.4. The van der Waals surface area contributed by atoms with Crippen LogP contribution in [-0.4, -0.2) is 53.5 Å². The molecule has 1 heterocycles. The van der Waals surface area contributed by atoms with Crippen molar-refractivity contribution in [2.75, 3.05) is 19.7 Å². The molecule has 1 fully saturated rings. The molecule has 2 aromatic rings. The fraction of sp³-hybridized carbons (Fsp3) is 0.385. The highest BCUT2D eigenvalue weighted by Gasteiger charge is 2.35. The van der Waals surface area contributed by atoms with Crippen molar-refractivity contribution in [3.8, 4) is 0 Å². The van der Waals surface area contributed by atoms with Crippen molar-refractivity contribution in [2.24, 2.45) is 5.92 Å². The van der Waals surface area contributed by atoms with Crippen LogP contribution in [0.3, 0.4) is 0 Å². The summed E-state index contributed by atoms with van der Waals surface area (Å²) < 4.78 is 5.29. The molecule has 0 spiro atoms. The topological polar surface area (TPSA) is 87.7 Å². The molecule has 1 saturated heterocycles. The summed E-state index contributed by atoms with van der Waals surface area (Å²) in [6.07, 6.45) is 0.613. The minimum Gasteiger partial charge on any atom is -0.466 e. The minimum absolute atomic E-state index is 0.122. The second-order valence-electron chi connectivity index (χ2n) is 8.66. The third-order valence-corrected chi connectivity index (χ3v) is 6.00. The molecular weight excluding hydrogens is 450 g/mol. The molecular formula is C26H31N3O4S. The number of nitrogens with one attached hydrogen (secondary N) is 2. The average molecular weight is 482 g/mol. The van der Waals surface area contributed by atoms with Crippen molar-refractivity contribution in [2.45, 2.75) is 38.6 Å². The number of carbonyl (C=O) groups is 3. The fourth-order valence-electron chi connectivity index (χ4n) is 3.82. The maximum Gasteiger partial charge on any atom is 0.308 e. The molecule has 34 heavy (non-hydrogen) atoms. The highest BCUT2D eigenvalue weighted by Crippen LogP contribution is 2.25. The molecule has 2 amide bonds. The lowest BCUT2D eigenvalue weighted by Crippen LogP contribution is -2.60. The highest BCUT2D eigenvalue weighted by atomic mass is 32.1. The van der Waals surface area contributed by atoms with Crippen LogP contribution in [0.5, 0.6) is 0 Å². The Hall–Kier alpha value is -3.26. The molecule has 1 aliphatic rings. The number of hydrogen-bond donors (Lipinski definition) is 2. The number of piperazine rings is 1. The van der Waals surface area contributed by atoms with E-state index in [2.05, 4.69) is 10.6 Å². The van der Waals surface area contributed by atoms with Gasteiger partial charge in [-0.1, -0.05) is 74.5 Å². The quantitative estimate of drug-likeness (QED) is 0.445. The maximum absolute atomic E-state index is 13.4. The van der Waals surface area contributed by atoms with Gasteiger partial charge in [-0.3, -0.25) is 14.4 Å². The first-order valence-electron chi connectivity index (χ1n) is 11.5. The normalized spacial score (nSPS) is 15.7. The molecule has 7 nitrogen and oxygen atoms in total. The second-order valence-corrected chi connectivity index (χ2v) is 9.04. The summed E-state index contributed by atoms with van der Waals surface area (Å²) in [5.74, 6) is -1.24.